The Kier molecular flexibility index (Phi) is 6.77. The minimum Gasteiger partial charge on any atom is -0.308 e. The molecule has 0 saturated heterocycles. The van der Waals surface area contributed by atoms with Crippen molar-refractivity contribution in [3.8, 4) is 0 Å². The number of hydrogen-bond acceptors (Lipinski definition) is 5. The first-order valence-corrected chi connectivity index (χ1v) is 9.28. The molecule has 3 aromatic rings. The molecule has 9 nitrogen and oxygen atoms in total. The summed E-state index contributed by atoms with van der Waals surface area (Å²) in [6.07, 6.45) is -4.75. The zero-order chi connectivity index (χ0) is 24.0. The summed E-state index contributed by atoms with van der Waals surface area (Å²) in [5.74, 6) is -0.704. The highest BCUT2D eigenvalue weighted by Gasteiger charge is 2.33. The first kappa shape index (κ1) is 23.1. The van der Waals surface area contributed by atoms with E-state index in [1.54, 1.807) is 30.3 Å². The number of benzene rings is 3. The third-order valence-corrected chi connectivity index (χ3v) is 4.27. The van der Waals surface area contributed by atoms with Gasteiger partial charge in [0.2, 0.25) is 0 Å². The molecule has 0 aromatic heterocycles. The van der Waals surface area contributed by atoms with Crippen LogP contribution in [0.3, 0.4) is 0 Å². The van der Waals surface area contributed by atoms with Crippen LogP contribution in [0.2, 0.25) is 0 Å². The third kappa shape index (κ3) is 6.19. The minimum atomic E-state index is -4.75. The van der Waals surface area contributed by atoms with E-state index in [9.17, 15) is 32.9 Å². The number of hydrogen-bond donors (Lipinski definition) is 4. The van der Waals surface area contributed by atoms with Gasteiger partial charge in [0.25, 0.3) is 11.6 Å². The van der Waals surface area contributed by atoms with Crippen LogP contribution in [-0.4, -0.2) is 16.9 Å². The van der Waals surface area contributed by atoms with E-state index in [1.165, 1.54) is 24.3 Å². The fourth-order valence-corrected chi connectivity index (χ4v) is 2.68. The van der Waals surface area contributed by atoms with E-state index >= 15 is 0 Å². The zero-order valence-corrected chi connectivity index (χ0v) is 16.6. The number of rotatable bonds is 6. The summed E-state index contributed by atoms with van der Waals surface area (Å²) in [5.41, 5.74) is 3.20. The van der Waals surface area contributed by atoms with Gasteiger partial charge in [-0.05, 0) is 48.5 Å². The van der Waals surface area contributed by atoms with E-state index in [1.807, 2.05) is 0 Å². The molecule has 12 heteroatoms. The number of nitrogens with one attached hydrogen (secondary N) is 4. The van der Waals surface area contributed by atoms with Crippen molar-refractivity contribution in [1.29, 1.82) is 0 Å². The zero-order valence-electron chi connectivity index (χ0n) is 16.6. The van der Waals surface area contributed by atoms with Crippen molar-refractivity contribution in [1.82, 2.24) is 5.43 Å². The molecule has 3 rings (SSSR count). The molecule has 0 fully saturated rings. The Hall–Kier alpha value is -4.61. The van der Waals surface area contributed by atoms with Gasteiger partial charge < -0.3 is 10.6 Å². The maximum Gasteiger partial charge on any atom is 0.416 e. The molecule has 0 spiro atoms. The van der Waals surface area contributed by atoms with Gasteiger partial charge in [0.05, 0.1) is 10.5 Å². The second kappa shape index (κ2) is 9.68. The number of hydrazine groups is 1. The molecule has 0 aliphatic rings. The Balaban J connectivity index is 1.61. The molecule has 0 bridgehead atoms. The number of nitrogens with zero attached hydrogens (tertiary/aromatic N) is 1. The van der Waals surface area contributed by atoms with Crippen LogP contribution in [0, 0.1) is 10.1 Å². The van der Waals surface area contributed by atoms with Crippen molar-refractivity contribution in [2.24, 2.45) is 0 Å². The predicted molar refractivity (Wildman–Crippen MR) is 115 cm³/mol. The van der Waals surface area contributed by atoms with Crippen molar-refractivity contribution < 1.29 is 27.7 Å². The third-order valence-electron chi connectivity index (χ3n) is 4.27. The Morgan fingerprint density at radius 3 is 2.03 bits per heavy atom. The standard InChI is InChI=1S/C21H16F3N5O4/c22-21(23,24)14-8-11-17(18(12-14)29(32)33)27-28-19(30)13-6-9-16(10-7-13)26-20(31)25-15-4-2-1-3-5-15/h1-12,27H,(H,28,30)(H2,25,26,31). The number of alkyl halides is 3. The van der Waals surface area contributed by atoms with Gasteiger partial charge in [0, 0.05) is 23.0 Å². The van der Waals surface area contributed by atoms with E-state index in [0.717, 1.165) is 6.07 Å². The summed E-state index contributed by atoms with van der Waals surface area (Å²) in [6.45, 7) is 0. The topological polar surface area (TPSA) is 125 Å². The quantitative estimate of drug-likeness (QED) is 0.304. The molecule has 33 heavy (non-hydrogen) atoms. The first-order valence-electron chi connectivity index (χ1n) is 9.28. The monoisotopic (exact) mass is 459 g/mol. The van der Waals surface area contributed by atoms with E-state index in [0.29, 0.717) is 23.5 Å². The SMILES string of the molecule is O=C(Nc1ccccc1)Nc1ccc(C(=O)NNc2ccc(C(F)(F)F)cc2[N+](=O)[O-])cc1. The molecule has 170 valence electrons. The number of carbonyl (C=O) groups excluding carboxylic acids is 2. The van der Waals surface area contributed by atoms with Gasteiger partial charge in [0.15, 0.2) is 0 Å². The van der Waals surface area contributed by atoms with Gasteiger partial charge in [-0.1, -0.05) is 18.2 Å². The van der Waals surface area contributed by atoms with Crippen LogP contribution >= 0.6 is 0 Å². The van der Waals surface area contributed by atoms with Crippen molar-refractivity contribution in [2.45, 2.75) is 6.18 Å². The molecular weight excluding hydrogens is 443 g/mol. The number of nitro benzene ring substituents is 1. The Morgan fingerprint density at radius 2 is 1.45 bits per heavy atom. The molecule has 0 atom stereocenters. The molecule has 3 amide bonds. The van der Waals surface area contributed by atoms with E-state index in [4.69, 9.17) is 0 Å². The number of amides is 3. The first-order chi connectivity index (χ1) is 15.6. The highest BCUT2D eigenvalue weighted by atomic mass is 19.4. The normalized spacial score (nSPS) is 10.8. The second-order valence-electron chi connectivity index (χ2n) is 6.59. The van der Waals surface area contributed by atoms with E-state index < -0.39 is 34.3 Å². The van der Waals surface area contributed by atoms with E-state index in [-0.39, 0.29) is 11.3 Å². The lowest BCUT2D eigenvalue weighted by atomic mass is 10.1. The number of carbonyl (C=O) groups is 2. The molecule has 0 aliphatic carbocycles. The highest BCUT2D eigenvalue weighted by Crippen LogP contribution is 2.34. The van der Waals surface area contributed by atoms with Crippen LogP contribution in [-0.2, 0) is 6.18 Å². The summed E-state index contributed by atoms with van der Waals surface area (Å²) < 4.78 is 38.3. The van der Waals surface area contributed by atoms with Gasteiger partial charge in [0.1, 0.15) is 5.69 Å². The molecular formula is C21H16F3N5O4. The summed E-state index contributed by atoms with van der Waals surface area (Å²) in [7, 11) is 0. The number of anilines is 3. The fraction of sp³-hybridized carbons (Fsp3) is 0.0476. The fourth-order valence-electron chi connectivity index (χ4n) is 2.68. The maximum atomic E-state index is 12.8. The van der Waals surface area contributed by atoms with Gasteiger partial charge in [-0.2, -0.15) is 13.2 Å². The number of urea groups is 1. The average molecular weight is 459 g/mol. The van der Waals surface area contributed by atoms with Crippen LogP contribution in [0.25, 0.3) is 0 Å². The molecule has 0 heterocycles. The average Bonchev–Trinajstić information content (AvgIpc) is 2.77. The van der Waals surface area contributed by atoms with Gasteiger partial charge in [-0.3, -0.25) is 25.8 Å². The lowest BCUT2D eigenvalue weighted by molar-refractivity contribution is -0.384. The Morgan fingerprint density at radius 1 is 0.848 bits per heavy atom. The van der Waals surface area contributed by atoms with Crippen LogP contribution in [0.1, 0.15) is 15.9 Å². The van der Waals surface area contributed by atoms with Crippen LogP contribution in [0.15, 0.2) is 72.8 Å². The number of nitro groups is 1. The second-order valence-corrected chi connectivity index (χ2v) is 6.59. The lowest BCUT2D eigenvalue weighted by Crippen LogP contribution is -2.29. The summed E-state index contributed by atoms with van der Waals surface area (Å²) in [5, 5.41) is 16.3. The van der Waals surface area contributed by atoms with Gasteiger partial charge >= 0.3 is 12.2 Å². The molecule has 0 radical (unpaired) electrons. The van der Waals surface area contributed by atoms with Crippen LogP contribution < -0.4 is 21.5 Å². The summed E-state index contributed by atoms with van der Waals surface area (Å²) >= 11 is 0. The molecule has 0 saturated carbocycles. The predicted octanol–water partition coefficient (Wildman–Crippen LogP) is 5.01. The smallest absolute Gasteiger partial charge is 0.308 e. The number of para-hydroxylation sites is 1. The van der Waals surface area contributed by atoms with Crippen molar-refractivity contribution in [3.63, 3.8) is 0 Å². The van der Waals surface area contributed by atoms with E-state index in [2.05, 4.69) is 21.5 Å². The van der Waals surface area contributed by atoms with Gasteiger partial charge in [-0.25, -0.2) is 4.79 Å². The molecule has 3 aromatic carbocycles. The van der Waals surface area contributed by atoms with Crippen LogP contribution in [0.5, 0.6) is 0 Å². The Bertz CT molecular complexity index is 1170. The highest BCUT2D eigenvalue weighted by molar-refractivity contribution is 6.00. The van der Waals surface area contributed by atoms with Crippen molar-refractivity contribution >= 4 is 34.7 Å². The largest absolute Gasteiger partial charge is 0.416 e. The number of halogens is 3. The Labute approximate surface area is 184 Å². The van der Waals surface area contributed by atoms with Crippen molar-refractivity contribution in [3.05, 3.63) is 94.0 Å². The molecule has 0 unspecified atom stereocenters. The summed E-state index contributed by atoms with van der Waals surface area (Å²) in [4.78, 5) is 34.4. The maximum absolute atomic E-state index is 12.8. The molecule has 4 N–H and O–H groups in total. The van der Waals surface area contributed by atoms with Gasteiger partial charge in [-0.15, -0.1) is 0 Å². The molecule has 0 aliphatic heterocycles. The van der Waals surface area contributed by atoms with Crippen LogP contribution in [0.4, 0.5) is 40.7 Å². The minimum absolute atomic E-state index is 0.131. The lowest BCUT2D eigenvalue weighted by Gasteiger charge is -2.12. The summed E-state index contributed by atoms with van der Waals surface area (Å²) in [6, 6.07) is 15.8. The van der Waals surface area contributed by atoms with Crippen molar-refractivity contribution in [2.75, 3.05) is 16.1 Å².